The highest BCUT2D eigenvalue weighted by molar-refractivity contribution is 5.92. The SMILES string of the molecule is Cc1cc(C)c(CCNC(=O)c2cnc(C(=O)O)cn2)c(C)c1. The van der Waals surface area contributed by atoms with E-state index in [1.807, 2.05) is 0 Å². The van der Waals surface area contributed by atoms with Crippen LogP contribution in [0.2, 0.25) is 0 Å². The number of aromatic nitrogens is 2. The molecule has 1 aromatic heterocycles. The van der Waals surface area contributed by atoms with Crippen LogP contribution in [0.4, 0.5) is 0 Å². The first kappa shape index (κ1) is 16.6. The molecule has 120 valence electrons. The number of aromatic carboxylic acids is 1. The Hall–Kier alpha value is -2.76. The number of nitrogens with one attached hydrogen (secondary N) is 1. The fourth-order valence-corrected chi connectivity index (χ4v) is 2.55. The van der Waals surface area contributed by atoms with E-state index in [0.29, 0.717) is 6.54 Å². The van der Waals surface area contributed by atoms with Crippen molar-refractivity contribution in [3.05, 3.63) is 58.2 Å². The molecule has 2 aromatic rings. The van der Waals surface area contributed by atoms with Gasteiger partial charge in [-0.2, -0.15) is 0 Å². The molecule has 2 N–H and O–H groups in total. The normalized spacial score (nSPS) is 10.4. The highest BCUT2D eigenvalue weighted by atomic mass is 16.4. The number of rotatable bonds is 5. The van der Waals surface area contributed by atoms with E-state index >= 15 is 0 Å². The lowest BCUT2D eigenvalue weighted by Gasteiger charge is -2.12. The third-order valence-corrected chi connectivity index (χ3v) is 3.60. The molecular formula is C17H19N3O3. The molecule has 0 radical (unpaired) electrons. The third kappa shape index (κ3) is 4.12. The Kier molecular flexibility index (Phi) is 5.05. The average molecular weight is 313 g/mol. The Morgan fingerprint density at radius 1 is 1.04 bits per heavy atom. The van der Waals surface area contributed by atoms with Crippen molar-refractivity contribution in [1.82, 2.24) is 15.3 Å². The molecule has 6 nitrogen and oxygen atoms in total. The summed E-state index contributed by atoms with van der Waals surface area (Å²) in [6.07, 6.45) is 2.97. The number of carboxylic acid groups (broad SMARTS) is 1. The number of aryl methyl sites for hydroxylation is 3. The van der Waals surface area contributed by atoms with Crippen LogP contribution in [-0.4, -0.2) is 33.5 Å². The standard InChI is InChI=1S/C17H19N3O3/c1-10-6-11(2)13(12(3)7-10)4-5-18-16(21)14-8-20-15(9-19-14)17(22)23/h6-9H,4-5H2,1-3H3,(H,18,21)(H,22,23). The molecular weight excluding hydrogens is 294 g/mol. The number of benzene rings is 1. The summed E-state index contributed by atoms with van der Waals surface area (Å²) in [7, 11) is 0. The molecule has 0 bridgehead atoms. The van der Waals surface area contributed by atoms with Gasteiger partial charge in [-0.3, -0.25) is 4.79 Å². The summed E-state index contributed by atoms with van der Waals surface area (Å²) < 4.78 is 0. The second-order valence-electron chi connectivity index (χ2n) is 5.48. The van der Waals surface area contributed by atoms with Crippen LogP contribution < -0.4 is 5.32 Å². The minimum absolute atomic E-state index is 0.104. The Morgan fingerprint density at radius 2 is 1.61 bits per heavy atom. The summed E-state index contributed by atoms with van der Waals surface area (Å²) in [6, 6.07) is 4.25. The van der Waals surface area contributed by atoms with Crippen molar-refractivity contribution in [2.75, 3.05) is 6.54 Å². The van der Waals surface area contributed by atoms with E-state index in [-0.39, 0.29) is 17.3 Å². The minimum Gasteiger partial charge on any atom is -0.476 e. The van der Waals surface area contributed by atoms with Crippen LogP contribution in [0, 0.1) is 20.8 Å². The fraction of sp³-hybridized carbons (Fsp3) is 0.294. The predicted molar refractivity (Wildman–Crippen MR) is 85.7 cm³/mol. The van der Waals surface area contributed by atoms with Gasteiger partial charge in [0.15, 0.2) is 5.69 Å². The minimum atomic E-state index is -1.17. The summed E-state index contributed by atoms with van der Waals surface area (Å²) in [5, 5.41) is 11.5. The van der Waals surface area contributed by atoms with Gasteiger partial charge in [-0.05, 0) is 43.9 Å². The van der Waals surface area contributed by atoms with E-state index in [1.165, 1.54) is 28.5 Å². The first-order valence-electron chi connectivity index (χ1n) is 7.28. The van der Waals surface area contributed by atoms with Crippen molar-refractivity contribution in [3.63, 3.8) is 0 Å². The van der Waals surface area contributed by atoms with Crippen LogP contribution in [0.1, 0.15) is 43.2 Å². The first-order valence-corrected chi connectivity index (χ1v) is 7.28. The van der Waals surface area contributed by atoms with Crippen molar-refractivity contribution in [3.8, 4) is 0 Å². The van der Waals surface area contributed by atoms with Crippen LogP contribution >= 0.6 is 0 Å². The zero-order valence-electron chi connectivity index (χ0n) is 13.4. The van der Waals surface area contributed by atoms with E-state index in [9.17, 15) is 9.59 Å². The van der Waals surface area contributed by atoms with E-state index in [1.54, 1.807) is 0 Å². The van der Waals surface area contributed by atoms with E-state index in [2.05, 4.69) is 48.2 Å². The molecule has 0 unspecified atom stereocenters. The van der Waals surface area contributed by atoms with Gasteiger partial charge in [0, 0.05) is 6.54 Å². The number of carbonyl (C=O) groups is 2. The van der Waals surface area contributed by atoms with E-state index in [0.717, 1.165) is 12.6 Å². The van der Waals surface area contributed by atoms with Crippen molar-refractivity contribution in [1.29, 1.82) is 0 Å². The smallest absolute Gasteiger partial charge is 0.356 e. The first-order chi connectivity index (χ1) is 10.9. The van der Waals surface area contributed by atoms with Gasteiger partial charge in [0.25, 0.3) is 5.91 Å². The summed E-state index contributed by atoms with van der Waals surface area (Å²) in [5.41, 5.74) is 4.79. The number of carbonyl (C=O) groups excluding carboxylic acids is 1. The Bertz CT molecular complexity index is 716. The molecule has 0 aliphatic carbocycles. The van der Waals surface area contributed by atoms with Crippen molar-refractivity contribution < 1.29 is 14.7 Å². The quantitative estimate of drug-likeness (QED) is 0.881. The third-order valence-electron chi connectivity index (χ3n) is 3.60. The maximum absolute atomic E-state index is 12.0. The lowest BCUT2D eigenvalue weighted by atomic mass is 9.97. The maximum atomic E-state index is 12.0. The second-order valence-corrected chi connectivity index (χ2v) is 5.48. The average Bonchev–Trinajstić information content (AvgIpc) is 2.49. The number of carboxylic acids is 1. The molecule has 0 aliphatic heterocycles. The van der Waals surface area contributed by atoms with Crippen LogP contribution in [0.15, 0.2) is 24.5 Å². The Morgan fingerprint density at radius 3 is 2.13 bits per heavy atom. The van der Waals surface area contributed by atoms with E-state index < -0.39 is 5.97 Å². The van der Waals surface area contributed by atoms with Gasteiger partial charge in [-0.15, -0.1) is 0 Å². The molecule has 1 aromatic carbocycles. The van der Waals surface area contributed by atoms with Gasteiger partial charge in [-0.25, -0.2) is 14.8 Å². The number of nitrogens with zero attached hydrogens (tertiary/aromatic N) is 2. The van der Waals surface area contributed by atoms with Gasteiger partial charge in [0.1, 0.15) is 5.69 Å². The largest absolute Gasteiger partial charge is 0.476 e. The maximum Gasteiger partial charge on any atom is 0.356 e. The number of hydrogen-bond donors (Lipinski definition) is 2. The zero-order valence-corrected chi connectivity index (χ0v) is 13.4. The monoisotopic (exact) mass is 313 g/mol. The van der Waals surface area contributed by atoms with Gasteiger partial charge in [0.05, 0.1) is 12.4 Å². The van der Waals surface area contributed by atoms with Gasteiger partial charge in [0.2, 0.25) is 0 Å². The molecule has 0 fully saturated rings. The molecule has 0 atom stereocenters. The van der Waals surface area contributed by atoms with Gasteiger partial charge >= 0.3 is 5.97 Å². The molecule has 6 heteroatoms. The molecule has 0 aliphatic rings. The Labute approximate surface area is 134 Å². The van der Waals surface area contributed by atoms with Crippen LogP contribution in [0.25, 0.3) is 0 Å². The van der Waals surface area contributed by atoms with Gasteiger partial charge in [-0.1, -0.05) is 17.7 Å². The van der Waals surface area contributed by atoms with Crippen LogP contribution in [0.3, 0.4) is 0 Å². The number of hydrogen-bond acceptors (Lipinski definition) is 4. The van der Waals surface area contributed by atoms with Crippen LogP contribution in [0.5, 0.6) is 0 Å². The molecule has 0 saturated heterocycles. The lowest BCUT2D eigenvalue weighted by molar-refractivity contribution is 0.0689. The summed E-state index contributed by atoms with van der Waals surface area (Å²) >= 11 is 0. The Balaban J connectivity index is 1.96. The highest BCUT2D eigenvalue weighted by Crippen LogP contribution is 2.16. The molecule has 0 saturated carbocycles. The summed E-state index contributed by atoms with van der Waals surface area (Å²) in [4.78, 5) is 30.2. The summed E-state index contributed by atoms with van der Waals surface area (Å²) in [5.74, 6) is -1.54. The van der Waals surface area contributed by atoms with Crippen molar-refractivity contribution in [2.24, 2.45) is 0 Å². The molecule has 23 heavy (non-hydrogen) atoms. The van der Waals surface area contributed by atoms with Crippen molar-refractivity contribution in [2.45, 2.75) is 27.2 Å². The topological polar surface area (TPSA) is 92.2 Å². The summed E-state index contributed by atoms with van der Waals surface area (Å²) in [6.45, 7) is 6.66. The van der Waals surface area contributed by atoms with Gasteiger partial charge < -0.3 is 10.4 Å². The molecule has 1 heterocycles. The number of amides is 1. The van der Waals surface area contributed by atoms with Crippen molar-refractivity contribution >= 4 is 11.9 Å². The molecule has 2 rings (SSSR count). The molecule has 0 spiro atoms. The second kappa shape index (κ2) is 7.00. The lowest BCUT2D eigenvalue weighted by Crippen LogP contribution is -2.27. The van der Waals surface area contributed by atoms with Crippen LogP contribution in [-0.2, 0) is 6.42 Å². The zero-order chi connectivity index (χ0) is 17.0. The van der Waals surface area contributed by atoms with E-state index in [4.69, 9.17) is 5.11 Å². The fourth-order valence-electron chi connectivity index (χ4n) is 2.55. The molecule has 1 amide bonds. The highest BCUT2D eigenvalue weighted by Gasteiger charge is 2.11. The predicted octanol–water partition coefficient (Wildman–Crippen LogP) is 2.07.